The Morgan fingerprint density at radius 3 is 2.81 bits per heavy atom. The molecule has 0 radical (unpaired) electrons. The van der Waals surface area contributed by atoms with Gasteiger partial charge in [-0.15, -0.1) is 0 Å². The lowest BCUT2D eigenvalue weighted by Gasteiger charge is -1.98. The van der Waals surface area contributed by atoms with Gasteiger partial charge in [0.1, 0.15) is 11.3 Å². The van der Waals surface area contributed by atoms with Crippen molar-refractivity contribution < 1.29 is 9.34 Å². The number of hydrogen-bond donors (Lipinski definition) is 0. The molecule has 0 bridgehead atoms. The highest BCUT2D eigenvalue weighted by atomic mass is 35.5. The van der Waals surface area contributed by atoms with Gasteiger partial charge in [0, 0.05) is 11.1 Å². The maximum Gasteiger partial charge on any atom is 0.283 e. The molecular weight excluding hydrogens is 232 g/mol. The highest BCUT2D eigenvalue weighted by Crippen LogP contribution is 2.31. The van der Waals surface area contributed by atoms with Crippen molar-refractivity contribution in [1.82, 2.24) is 4.98 Å². The molecule has 2 rings (SSSR count). The zero-order valence-corrected chi connectivity index (χ0v) is 9.06. The van der Waals surface area contributed by atoms with E-state index in [1.165, 1.54) is 18.3 Å². The number of nitro groups is 1. The number of halogens is 1. The highest BCUT2D eigenvalue weighted by molar-refractivity contribution is 6.30. The second kappa shape index (κ2) is 3.94. The summed E-state index contributed by atoms with van der Waals surface area (Å²) >= 11 is 5.70. The van der Waals surface area contributed by atoms with Gasteiger partial charge in [0.2, 0.25) is 5.89 Å². The van der Waals surface area contributed by atoms with Crippen LogP contribution in [0.5, 0.6) is 0 Å². The lowest BCUT2D eigenvalue weighted by molar-refractivity contribution is -0.384. The van der Waals surface area contributed by atoms with Gasteiger partial charge in [0.05, 0.1) is 11.1 Å². The zero-order valence-electron chi connectivity index (χ0n) is 8.31. The van der Waals surface area contributed by atoms with E-state index < -0.39 is 4.92 Å². The summed E-state index contributed by atoms with van der Waals surface area (Å²) in [4.78, 5) is 14.3. The van der Waals surface area contributed by atoms with Gasteiger partial charge in [-0.25, -0.2) is 4.98 Å². The first-order valence-corrected chi connectivity index (χ1v) is 4.82. The first-order valence-electron chi connectivity index (χ1n) is 4.44. The number of nitro benzene ring substituents is 1. The van der Waals surface area contributed by atoms with Crippen LogP contribution in [0.4, 0.5) is 5.69 Å². The molecule has 0 fully saturated rings. The average Bonchev–Trinajstić information content (AvgIpc) is 2.64. The highest BCUT2D eigenvalue weighted by Gasteiger charge is 2.19. The molecule has 0 aliphatic rings. The quantitative estimate of drug-likeness (QED) is 0.595. The Morgan fingerprint density at radius 2 is 2.25 bits per heavy atom. The molecule has 1 heterocycles. The first kappa shape index (κ1) is 10.6. The van der Waals surface area contributed by atoms with Crippen LogP contribution in [-0.4, -0.2) is 9.91 Å². The van der Waals surface area contributed by atoms with Crippen molar-refractivity contribution in [3.8, 4) is 11.5 Å². The van der Waals surface area contributed by atoms with Crippen molar-refractivity contribution in [3.05, 3.63) is 45.3 Å². The molecule has 2 aromatic rings. The maximum absolute atomic E-state index is 10.8. The fourth-order valence-electron chi connectivity index (χ4n) is 1.32. The fourth-order valence-corrected chi connectivity index (χ4v) is 1.48. The van der Waals surface area contributed by atoms with Crippen molar-refractivity contribution in [2.45, 2.75) is 6.92 Å². The molecule has 0 spiro atoms. The van der Waals surface area contributed by atoms with Gasteiger partial charge in [0.15, 0.2) is 0 Å². The molecule has 0 aliphatic carbocycles. The minimum absolute atomic E-state index is 0.116. The summed E-state index contributed by atoms with van der Waals surface area (Å²) in [5.74, 6) is 0.820. The summed E-state index contributed by atoms with van der Waals surface area (Å²) in [6, 6.07) is 4.35. The summed E-state index contributed by atoms with van der Waals surface area (Å²) in [5, 5.41) is 11.1. The molecule has 82 valence electrons. The van der Waals surface area contributed by atoms with E-state index in [0.717, 1.165) is 0 Å². The number of rotatable bonds is 2. The minimum Gasteiger partial charge on any atom is -0.441 e. The van der Waals surface area contributed by atoms with E-state index in [1.807, 2.05) is 0 Å². The largest absolute Gasteiger partial charge is 0.441 e. The molecule has 0 unspecified atom stereocenters. The average molecular weight is 239 g/mol. The summed E-state index contributed by atoms with van der Waals surface area (Å²) in [6.45, 7) is 1.72. The Labute approximate surface area is 95.8 Å². The van der Waals surface area contributed by atoms with Crippen LogP contribution in [0.25, 0.3) is 11.5 Å². The molecule has 6 heteroatoms. The van der Waals surface area contributed by atoms with Crippen LogP contribution in [0.2, 0.25) is 5.02 Å². The Hall–Kier alpha value is -1.88. The molecule has 0 saturated heterocycles. The van der Waals surface area contributed by atoms with Gasteiger partial charge in [-0.05, 0) is 19.1 Å². The normalized spacial score (nSPS) is 10.4. The predicted molar refractivity (Wildman–Crippen MR) is 58.3 cm³/mol. The lowest BCUT2D eigenvalue weighted by atomic mass is 10.2. The van der Waals surface area contributed by atoms with Gasteiger partial charge in [-0.1, -0.05) is 11.6 Å². The lowest BCUT2D eigenvalue weighted by Crippen LogP contribution is -1.91. The summed E-state index contributed by atoms with van der Waals surface area (Å²) in [6.07, 6.45) is 1.51. The number of oxazole rings is 1. The fraction of sp³-hybridized carbons (Fsp3) is 0.100. The first-order chi connectivity index (χ1) is 7.58. The number of aryl methyl sites for hydroxylation is 1. The summed E-state index contributed by atoms with van der Waals surface area (Å²) in [7, 11) is 0. The SMILES string of the molecule is Cc1cnc(-c2ccc(Cl)cc2[N+](=O)[O-])o1. The van der Waals surface area contributed by atoms with E-state index in [2.05, 4.69) is 4.98 Å². The van der Waals surface area contributed by atoms with E-state index in [9.17, 15) is 10.1 Å². The Balaban J connectivity index is 2.60. The van der Waals surface area contributed by atoms with Gasteiger partial charge < -0.3 is 4.42 Å². The number of aromatic nitrogens is 1. The molecule has 0 N–H and O–H groups in total. The molecule has 1 aromatic carbocycles. The Bertz CT molecular complexity index is 551. The van der Waals surface area contributed by atoms with Crippen molar-refractivity contribution in [3.63, 3.8) is 0 Å². The smallest absolute Gasteiger partial charge is 0.283 e. The van der Waals surface area contributed by atoms with E-state index in [0.29, 0.717) is 16.3 Å². The van der Waals surface area contributed by atoms with Crippen LogP contribution in [0, 0.1) is 17.0 Å². The molecular formula is C10H7ClN2O3. The Kier molecular flexibility index (Phi) is 2.62. The van der Waals surface area contributed by atoms with E-state index in [-0.39, 0.29) is 11.6 Å². The molecule has 16 heavy (non-hydrogen) atoms. The van der Waals surface area contributed by atoms with Crippen molar-refractivity contribution in [2.75, 3.05) is 0 Å². The summed E-state index contributed by atoms with van der Waals surface area (Å²) in [5.41, 5.74) is 0.205. The number of hydrogen-bond acceptors (Lipinski definition) is 4. The Morgan fingerprint density at radius 1 is 1.50 bits per heavy atom. The van der Waals surface area contributed by atoms with E-state index in [4.69, 9.17) is 16.0 Å². The minimum atomic E-state index is -0.513. The molecule has 0 atom stereocenters. The number of benzene rings is 1. The second-order valence-electron chi connectivity index (χ2n) is 3.19. The third kappa shape index (κ3) is 1.90. The molecule has 0 aliphatic heterocycles. The summed E-state index contributed by atoms with van der Waals surface area (Å²) < 4.78 is 5.24. The van der Waals surface area contributed by atoms with Crippen LogP contribution >= 0.6 is 11.6 Å². The molecule has 1 aromatic heterocycles. The third-order valence-corrected chi connectivity index (χ3v) is 2.24. The topological polar surface area (TPSA) is 69.2 Å². The van der Waals surface area contributed by atoms with Gasteiger partial charge in [0.25, 0.3) is 5.69 Å². The van der Waals surface area contributed by atoms with Gasteiger partial charge >= 0.3 is 0 Å². The van der Waals surface area contributed by atoms with Gasteiger partial charge in [-0.3, -0.25) is 10.1 Å². The third-order valence-electron chi connectivity index (χ3n) is 2.01. The van der Waals surface area contributed by atoms with E-state index in [1.54, 1.807) is 13.0 Å². The molecule has 0 amide bonds. The van der Waals surface area contributed by atoms with Crippen LogP contribution < -0.4 is 0 Å². The number of nitrogens with zero attached hydrogens (tertiary/aromatic N) is 2. The van der Waals surface area contributed by atoms with Crippen molar-refractivity contribution in [2.24, 2.45) is 0 Å². The van der Waals surface area contributed by atoms with Crippen LogP contribution in [0.15, 0.2) is 28.8 Å². The second-order valence-corrected chi connectivity index (χ2v) is 3.63. The molecule has 5 nitrogen and oxygen atoms in total. The van der Waals surface area contributed by atoms with Crippen LogP contribution in [0.1, 0.15) is 5.76 Å². The van der Waals surface area contributed by atoms with Crippen molar-refractivity contribution >= 4 is 17.3 Å². The van der Waals surface area contributed by atoms with Crippen LogP contribution in [0.3, 0.4) is 0 Å². The zero-order chi connectivity index (χ0) is 11.7. The van der Waals surface area contributed by atoms with Gasteiger partial charge in [-0.2, -0.15) is 0 Å². The predicted octanol–water partition coefficient (Wildman–Crippen LogP) is 3.21. The monoisotopic (exact) mass is 238 g/mol. The molecule has 0 saturated carbocycles. The van der Waals surface area contributed by atoms with E-state index >= 15 is 0 Å². The standard InChI is InChI=1S/C10H7ClN2O3/c1-6-5-12-10(16-6)8-3-2-7(11)4-9(8)13(14)15/h2-5H,1H3. The maximum atomic E-state index is 10.8. The van der Waals surface area contributed by atoms with Crippen LogP contribution in [-0.2, 0) is 0 Å². The van der Waals surface area contributed by atoms with Crippen molar-refractivity contribution in [1.29, 1.82) is 0 Å².